The Morgan fingerprint density at radius 3 is 3.06 bits per heavy atom. The zero-order valence-electron chi connectivity index (χ0n) is 8.74. The topological polar surface area (TPSA) is 83.1 Å². The van der Waals surface area contributed by atoms with Gasteiger partial charge in [-0.25, -0.2) is 0 Å². The number of benzene rings is 1. The van der Waals surface area contributed by atoms with Crippen molar-refractivity contribution < 1.29 is 9.66 Å². The summed E-state index contributed by atoms with van der Waals surface area (Å²) < 4.78 is 7.27. The summed E-state index contributed by atoms with van der Waals surface area (Å²) in [5.41, 5.74) is 0.563. The number of nitro benzene ring substituents is 1. The van der Waals surface area contributed by atoms with Gasteiger partial charge in [0.25, 0.3) is 0 Å². The fraction of sp³-hybridized carbons (Fsp3) is 0.273. The van der Waals surface area contributed by atoms with Crippen molar-refractivity contribution in [3.63, 3.8) is 0 Å². The van der Waals surface area contributed by atoms with Crippen LogP contribution in [0.1, 0.15) is 7.43 Å². The van der Waals surface area contributed by atoms with Gasteiger partial charge in [0.2, 0.25) is 5.75 Å². The highest BCUT2D eigenvalue weighted by Crippen LogP contribution is 2.38. The quantitative estimate of drug-likeness (QED) is 0.568. The van der Waals surface area contributed by atoms with Gasteiger partial charge in [0.15, 0.2) is 5.82 Å². The molecule has 0 saturated heterocycles. The van der Waals surface area contributed by atoms with Crippen LogP contribution in [0, 0.1) is 10.1 Å². The molecule has 0 aliphatic carbocycles. The molecule has 0 saturated carbocycles. The standard InChI is InChI=1S/C10H8N4O3.CH4/c15-14(16)8-3-1-2-7-9(8)17-5-4-13-6-11-12-10(7)13;/h1-3,6H,4-5H2;1H4. The number of hydrogen-bond acceptors (Lipinski definition) is 5. The van der Waals surface area contributed by atoms with E-state index in [4.69, 9.17) is 4.74 Å². The summed E-state index contributed by atoms with van der Waals surface area (Å²) in [6.07, 6.45) is 1.59. The second kappa shape index (κ2) is 4.44. The number of rotatable bonds is 1. The second-order valence-electron chi connectivity index (χ2n) is 3.61. The van der Waals surface area contributed by atoms with Crippen LogP contribution in [0.4, 0.5) is 5.69 Å². The number of para-hydroxylation sites is 1. The maximum Gasteiger partial charge on any atom is 0.311 e. The average molecular weight is 248 g/mol. The number of fused-ring (bicyclic) bond motifs is 3. The van der Waals surface area contributed by atoms with Crippen LogP contribution < -0.4 is 4.74 Å². The third-order valence-electron chi connectivity index (χ3n) is 2.63. The molecule has 0 atom stereocenters. The van der Waals surface area contributed by atoms with Gasteiger partial charge >= 0.3 is 5.69 Å². The van der Waals surface area contributed by atoms with Gasteiger partial charge < -0.3 is 9.30 Å². The molecule has 1 aromatic carbocycles. The van der Waals surface area contributed by atoms with Gasteiger partial charge in [-0.05, 0) is 6.07 Å². The minimum absolute atomic E-state index is 0. The number of aromatic nitrogens is 3. The Morgan fingerprint density at radius 2 is 2.28 bits per heavy atom. The molecule has 0 spiro atoms. The molecule has 7 heteroatoms. The average Bonchev–Trinajstić information content (AvgIpc) is 2.70. The molecule has 1 aliphatic heterocycles. The molecule has 0 unspecified atom stereocenters. The van der Waals surface area contributed by atoms with Crippen molar-refractivity contribution in [3.8, 4) is 17.1 Å². The predicted octanol–water partition coefficient (Wildman–Crippen LogP) is 1.88. The number of nitro groups is 1. The molecular formula is C11H12N4O3. The van der Waals surface area contributed by atoms with Gasteiger partial charge in [-0.3, -0.25) is 10.1 Å². The first-order valence-electron chi connectivity index (χ1n) is 5.06. The maximum atomic E-state index is 10.9. The van der Waals surface area contributed by atoms with Crippen molar-refractivity contribution in [2.75, 3.05) is 6.61 Å². The highest BCUT2D eigenvalue weighted by Gasteiger charge is 2.25. The molecule has 0 fully saturated rings. The molecule has 2 aromatic rings. The Balaban J connectivity index is 0.00000120. The summed E-state index contributed by atoms with van der Waals surface area (Å²) in [6.45, 7) is 0.942. The molecule has 0 N–H and O–H groups in total. The van der Waals surface area contributed by atoms with Crippen LogP contribution in [0.15, 0.2) is 24.5 Å². The van der Waals surface area contributed by atoms with E-state index in [2.05, 4.69) is 10.2 Å². The summed E-state index contributed by atoms with van der Waals surface area (Å²) in [5, 5.41) is 18.7. The Morgan fingerprint density at radius 1 is 1.44 bits per heavy atom. The summed E-state index contributed by atoms with van der Waals surface area (Å²) in [7, 11) is 0. The van der Waals surface area contributed by atoms with Crippen molar-refractivity contribution >= 4 is 5.69 Å². The molecule has 2 heterocycles. The molecule has 3 rings (SSSR count). The van der Waals surface area contributed by atoms with E-state index < -0.39 is 4.92 Å². The van der Waals surface area contributed by atoms with Gasteiger partial charge in [0.05, 0.1) is 17.0 Å². The predicted molar refractivity (Wildman–Crippen MR) is 64.3 cm³/mol. The zero-order valence-corrected chi connectivity index (χ0v) is 8.74. The Labute approximate surface area is 103 Å². The van der Waals surface area contributed by atoms with E-state index in [1.165, 1.54) is 6.07 Å². The summed E-state index contributed by atoms with van der Waals surface area (Å²) in [6, 6.07) is 4.78. The molecule has 0 amide bonds. The fourth-order valence-corrected chi connectivity index (χ4v) is 1.87. The van der Waals surface area contributed by atoms with Gasteiger partial charge in [0.1, 0.15) is 12.9 Å². The SMILES string of the molecule is C.O=[N+]([O-])c1cccc2c1OCCn1cnnc1-2. The number of ether oxygens (including phenoxy) is 1. The van der Waals surface area contributed by atoms with Crippen LogP contribution in [0.25, 0.3) is 11.4 Å². The number of hydrogen-bond donors (Lipinski definition) is 0. The van der Waals surface area contributed by atoms with E-state index in [1.54, 1.807) is 18.5 Å². The highest BCUT2D eigenvalue weighted by atomic mass is 16.6. The van der Waals surface area contributed by atoms with E-state index in [9.17, 15) is 10.1 Å². The monoisotopic (exact) mass is 248 g/mol. The van der Waals surface area contributed by atoms with Crippen molar-refractivity contribution in [1.29, 1.82) is 0 Å². The Kier molecular flexibility index (Phi) is 2.97. The lowest BCUT2D eigenvalue weighted by atomic mass is 10.1. The molecule has 0 radical (unpaired) electrons. The van der Waals surface area contributed by atoms with Crippen LogP contribution in [0.3, 0.4) is 0 Å². The molecule has 94 valence electrons. The lowest BCUT2D eigenvalue weighted by Crippen LogP contribution is -2.05. The van der Waals surface area contributed by atoms with Crippen molar-refractivity contribution in [3.05, 3.63) is 34.6 Å². The molecule has 1 aromatic heterocycles. The van der Waals surface area contributed by atoms with Crippen LogP contribution in [-0.2, 0) is 6.54 Å². The lowest BCUT2D eigenvalue weighted by Gasteiger charge is -2.05. The molecular weight excluding hydrogens is 236 g/mol. The molecule has 18 heavy (non-hydrogen) atoms. The second-order valence-corrected chi connectivity index (χ2v) is 3.61. The summed E-state index contributed by atoms with van der Waals surface area (Å²) >= 11 is 0. The van der Waals surface area contributed by atoms with Crippen molar-refractivity contribution in [2.24, 2.45) is 0 Å². The van der Waals surface area contributed by atoms with Gasteiger partial charge in [-0.1, -0.05) is 13.5 Å². The maximum absolute atomic E-state index is 10.9. The van der Waals surface area contributed by atoms with Crippen LogP contribution in [-0.4, -0.2) is 26.3 Å². The molecule has 7 nitrogen and oxygen atoms in total. The van der Waals surface area contributed by atoms with E-state index in [0.717, 1.165) is 0 Å². The largest absolute Gasteiger partial charge is 0.484 e. The third kappa shape index (κ3) is 1.69. The fourth-order valence-electron chi connectivity index (χ4n) is 1.87. The van der Waals surface area contributed by atoms with Crippen molar-refractivity contribution in [1.82, 2.24) is 14.8 Å². The Bertz CT molecular complexity index is 594. The third-order valence-corrected chi connectivity index (χ3v) is 2.63. The highest BCUT2D eigenvalue weighted by molar-refractivity contribution is 5.71. The minimum atomic E-state index is -0.454. The minimum Gasteiger partial charge on any atom is -0.484 e. The van der Waals surface area contributed by atoms with Crippen LogP contribution in [0.2, 0.25) is 0 Å². The molecule has 1 aliphatic rings. The van der Waals surface area contributed by atoms with Crippen LogP contribution in [0.5, 0.6) is 5.75 Å². The van der Waals surface area contributed by atoms with Gasteiger partial charge in [0, 0.05) is 6.07 Å². The van der Waals surface area contributed by atoms with E-state index >= 15 is 0 Å². The van der Waals surface area contributed by atoms with Gasteiger partial charge in [-0.2, -0.15) is 0 Å². The van der Waals surface area contributed by atoms with E-state index in [0.29, 0.717) is 24.5 Å². The van der Waals surface area contributed by atoms with Gasteiger partial charge in [-0.15, -0.1) is 10.2 Å². The van der Waals surface area contributed by atoms with E-state index in [1.807, 2.05) is 4.57 Å². The van der Waals surface area contributed by atoms with Crippen molar-refractivity contribution in [2.45, 2.75) is 14.0 Å². The first kappa shape index (κ1) is 12.0. The summed E-state index contributed by atoms with van der Waals surface area (Å²) in [5.74, 6) is 0.866. The van der Waals surface area contributed by atoms with Crippen LogP contribution >= 0.6 is 0 Å². The molecule has 0 bridgehead atoms. The zero-order chi connectivity index (χ0) is 11.8. The summed E-state index contributed by atoms with van der Waals surface area (Å²) in [4.78, 5) is 10.5. The first-order valence-corrected chi connectivity index (χ1v) is 5.06. The number of nitrogens with zero attached hydrogens (tertiary/aromatic N) is 4. The smallest absolute Gasteiger partial charge is 0.311 e. The van der Waals surface area contributed by atoms with E-state index in [-0.39, 0.29) is 18.9 Å². The normalized spacial score (nSPS) is 12.4. The Hall–Kier alpha value is -2.44. The first-order chi connectivity index (χ1) is 8.27. The lowest BCUT2D eigenvalue weighted by molar-refractivity contribution is -0.385.